The molecule has 0 aliphatic carbocycles. The minimum Gasteiger partial charge on any atom is -0.482 e. The average molecular weight is 445 g/mol. The molecule has 0 aliphatic rings. The van der Waals surface area contributed by atoms with E-state index in [2.05, 4.69) is 10.0 Å². The van der Waals surface area contributed by atoms with Gasteiger partial charge in [0.25, 0.3) is 5.91 Å². The van der Waals surface area contributed by atoms with E-state index in [9.17, 15) is 13.2 Å². The summed E-state index contributed by atoms with van der Waals surface area (Å²) >= 11 is 11.9. The van der Waals surface area contributed by atoms with E-state index in [1.807, 2.05) is 26.0 Å². The summed E-state index contributed by atoms with van der Waals surface area (Å²) in [7, 11) is -3.65. The van der Waals surface area contributed by atoms with E-state index in [0.717, 1.165) is 5.56 Å². The van der Waals surface area contributed by atoms with Gasteiger partial charge in [-0.05, 0) is 41.8 Å². The van der Waals surface area contributed by atoms with E-state index in [1.54, 1.807) is 12.1 Å². The van der Waals surface area contributed by atoms with Gasteiger partial charge in [0, 0.05) is 18.1 Å². The van der Waals surface area contributed by atoms with Crippen LogP contribution < -0.4 is 14.8 Å². The molecule has 0 bridgehead atoms. The van der Waals surface area contributed by atoms with Crippen molar-refractivity contribution < 1.29 is 17.9 Å². The predicted octanol–water partition coefficient (Wildman–Crippen LogP) is 3.62. The van der Waals surface area contributed by atoms with Crippen LogP contribution in [0.15, 0.2) is 47.4 Å². The van der Waals surface area contributed by atoms with Crippen molar-refractivity contribution in [1.82, 2.24) is 10.0 Å². The van der Waals surface area contributed by atoms with Gasteiger partial charge in [0.2, 0.25) is 10.0 Å². The summed E-state index contributed by atoms with van der Waals surface area (Å²) in [6.45, 7) is 4.23. The van der Waals surface area contributed by atoms with Crippen molar-refractivity contribution in [2.45, 2.75) is 25.3 Å². The molecule has 0 aromatic heterocycles. The van der Waals surface area contributed by atoms with Crippen LogP contribution in [0.4, 0.5) is 0 Å². The lowest BCUT2D eigenvalue weighted by Crippen LogP contribution is -2.28. The van der Waals surface area contributed by atoms with Gasteiger partial charge >= 0.3 is 0 Å². The van der Waals surface area contributed by atoms with E-state index in [4.69, 9.17) is 27.9 Å². The molecule has 0 aliphatic heterocycles. The number of sulfonamides is 1. The van der Waals surface area contributed by atoms with Crippen molar-refractivity contribution >= 4 is 39.1 Å². The molecule has 0 unspecified atom stereocenters. The predicted molar refractivity (Wildman–Crippen MR) is 110 cm³/mol. The van der Waals surface area contributed by atoms with Gasteiger partial charge in [-0.3, -0.25) is 4.79 Å². The largest absolute Gasteiger partial charge is 0.482 e. The third-order valence-corrected chi connectivity index (χ3v) is 5.63. The first-order valence-electron chi connectivity index (χ1n) is 8.60. The first kappa shape index (κ1) is 22.5. The molecule has 0 fully saturated rings. The fourth-order valence-corrected chi connectivity index (χ4v) is 3.79. The summed E-state index contributed by atoms with van der Waals surface area (Å²) in [6.07, 6.45) is 0. The third-order valence-electron chi connectivity index (χ3n) is 3.66. The van der Waals surface area contributed by atoms with E-state index in [1.165, 1.54) is 18.2 Å². The highest BCUT2D eigenvalue weighted by Gasteiger charge is 2.16. The Morgan fingerprint density at radius 1 is 1.11 bits per heavy atom. The summed E-state index contributed by atoms with van der Waals surface area (Å²) < 4.78 is 32.3. The Labute approximate surface area is 175 Å². The molecule has 1 amide bonds. The molecule has 0 atom stereocenters. The van der Waals surface area contributed by atoms with Crippen molar-refractivity contribution in [3.05, 3.63) is 58.1 Å². The monoisotopic (exact) mass is 444 g/mol. The average Bonchev–Trinajstić information content (AvgIpc) is 2.65. The van der Waals surface area contributed by atoms with Crippen LogP contribution in [-0.4, -0.2) is 27.5 Å². The van der Waals surface area contributed by atoms with Crippen LogP contribution in [0.1, 0.15) is 19.4 Å². The summed E-state index contributed by atoms with van der Waals surface area (Å²) in [4.78, 5) is 12.0. The maximum absolute atomic E-state index is 12.2. The van der Waals surface area contributed by atoms with Crippen molar-refractivity contribution in [1.29, 1.82) is 0 Å². The smallest absolute Gasteiger partial charge is 0.258 e. The highest BCUT2D eigenvalue weighted by molar-refractivity contribution is 7.89. The SMILES string of the molecule is CC(C)CNS(=O)(=O)c1ccc(OCC(=O)NCc2ccc(Cl)cc2)c(Cl)c1. The number of carbonyl (C=O) groups is 1. The molecule has 0 spiro atoms. The number of hydrogen-bond donors (Lipinski definition) is 2. The van der Waals surface area contributed by atoms with Gasteiger partial charge in [0.1, 0.15) is 5.75 Å². The fraction of sp³-hybridized carbons (Fsp3) is 0.316. The van der Waals surface area contributed by atoms with Gasteiger partial charge in [0.05, 0.1) is 9.92 Å². The maximum atomic E-state index is 12.2. The molecule has 0 saturated carbocycles. The van der Waals surface area contributed by atoms with Gasteiger partial charge in [-0.15, -0.1) is 0 Å². The Balaban J connectivity index is 1.90. The quantitative estimate of drug-likeness (QED) is 0.618. The first-order valence-corrected chi connectivity index (χ1v) is 10.8. The van der Waals surface area contributed by atoms with Gasteiger partial charge < -0.3 is 10.1 Å². The van der Waals surface area contributed by atoms with Gasteiger partial charge in [-0.25, -0.2) is 13.1 Å². The van der Waals surface area contributed by atoms with E-state index < -0.39 is 10.0 Å². The summed E-state index contributed by atoms with van der Waals surface area (Å²) in [6, 6.07) is 11.2. The number of halogens is 2. The minimum atomic E-state index is -3.65. The Morgan fingerprint density at radius 2 is 1.79 bits per heavy atom. The Hall–Kier alpha value is -1.80. The molecule has 2 aromatic carbocycles. The molecule has 2 aromatic rings. The van der Waals surface area contributed by atoms with Crippen LogP contribution >= 0.6 is 23.2 Å². The van der Waals surface area contributed by atoms with Crippen molar-refractivity contribution in [3.63, 3.8) is 0 Å². The molecule has 6 nitrogen and oxygen atoms in total. The van der Waals surface area contributed by atoms with Crippen molar-refractivity contribution in [3.8, 4) is 5.75 Å². The molecule has 0 saturated heterocycles. The first-order chi connectivity index (χ1) is 13.2. The molecule has 9 heteroatoms. The maximum Gasteiger partial charge on any atom is 0.258 e. The summed E-state index contributed by atoms with van der Waals surface area (Å²) in [5, 5.41) is 3.45. The lowest BCUT2D eigenvalue weighted by atomic mass is 10.2. The number of carbonyl (C=O) groups excluding carboxylic acids is 1. The minimum absolute atomic E-state index is 0.0395. The van der Waals surface area contributed by atoms with E-state index in [0.29, 0.717) is 18.1 Å². The third kappa shape index (κ3) is 6.98. The fourth-order valence-electron chi connectivity index (χ4n) is 2.12. The standard InChI is InChI=1S/C19H22Cl2N2O4S/c1-13(2)10-23-28(25,26)16-7-8-18(17(21)9-16)27-12-19(24)22-11-14-3-5-15(20)6-4-14/h3-9,13,23H,10-12H2,1-2H3,(H,22,24). The normalized spacial score (nSPS) is 11.5. The second kappa shape index (κ2) is 10.1. The zero-order valence-electron chi connectivity index (χ0n) is 15.5. The lowest BCUT2D eigenvalue weighted by Gasteiger charge is -2.12. The van der Waals surface area contributed by atoms with E-state index >= 15 is 0 Å². The van der Waals surface area contributed by atoms with Gasteiger partial charge in [0.15, 0.2) is 6.61 Å². The summed E-state index contributed by atoms with van der Waals surface area (Å²) in [5.74, 6) is 0.0756. The Kier molecular flexibility index (Phi) is 8.12. The number of benzene rings is 2. The zero-order valence-corrected chi connectivity index (χ0v) is 17.9. The van der Waals surface area contributed by atoms with Crippen molar-refractivity contribution in [2.75, 3.05) is 13.2 Å². The molecule has 28 heavy (non-hydrogen) atoms. The van der Waals surface area contributed by atoms with Crippen LogP contribution in [0, 0.1) is 5.92 Å². The van der Waals surface area contributed by atoms with E-state index in [-0.39, 0.29) is 34.1 Å². The molecular formula is C19H22Cl2N2O4S. The number of hydrogen-bond acceptors (Lipinski definition) is 4. The molecule has 2 rings (SSSR count). The van der Waals surface area contributed by atoms with Crippen LogP contribution in [0.5, 0.6) is 5.75 Å². The van der Waals surface area contributed by atoms with Crippen LogP contribution in [0.3, 0.4) is 0 Å². The number of nitrogens with one attached hydrogen (secondary N) is 2. The van der Waals surface area contributed by atoms with Gasteiger partial charge in [-0.2, -0.15) is 0 Å². The van der Waals surface area contributed by atoms with Crippen LogP contribution in [0.25, 0.3) is 0 Å². The molecular weight excluding hydrogens is 423 g/mol. The van der Waals surface area contributed by atoms with Crippen molar-refractivity contribution in [2.24, 2.45) is 5.92 Å². The van der Waals surface area contributed by atoms with Crippen LogP contribution in [-0.2, 0) is 21.4 Å². The van der Waals surface area contributed by atoms with Crippen LogP contribution in [0.2, 0.25) is 10.0 Å². The lowest BCUT2D eigenvalue weighted by molar-refractivity contribution is -0.123. The highest BCUT2D eigenvalue weighted by Crippen LogP contribution is 2.27. The topological polar surface area (TPSA) is 84.5 Å². The molecule has 2 N–H and O–H groups in total. The van der Waals surface area contributed by atoms with Gasteiger partial charge in [-0.1, -0.05) is 49.2 Å². The summed E-state index contributed by atoms with van der Waals surface area (Å²) in [5.41, 5.74) is 0.902. The molecule has 152 valence electrons. The molecule has 0 heterocycles. The Bertz CT molecular complexity index is 916. The zero-order chi connectivity index (χ0) is 20.7. The second-order valence-corrected chi connectivity index (χ2v) is 9.14. The number of ether oxygens (including phenoxy) is 1. The highest BCUT2D eigenvalue weighted by atomic mass is 35.5. The second-order valence-electron chi connectivity index (χ2n) is 6.53. The number of amides is 1. The Morgan fingerprint density at radius 3 is 2.39 bits per heavy atom. The molecule has 0 radical (unpaired) electrons. The number of rotatable bonds is 9.